The second kappa shape index (κ2) is 9.00. The van der Waals surface area contributed by atoms with E-state index in [1.165, 1.54) is 12.8 Å². The van der Waals surface area contributed by atoms with Crippen LogP contribution in [0.1, 0.15) is 39.0 Å². The first-order valence-corrected chi connectivity index (χ1v) is 5.46. The van der Waals surface area contributed by atoms with Crippen molar-refractivity contribution >= 4 is 5.91 Å². The van der Waals surface area contributed by atoms with Gasteiger partial charge in [-0.3, -0.25) is 4.79 Å². The van der Waals surface area contributed by atoms with E-state index in [9.17, 15) is 4.79 Å². The maximum absolute atomic E-state index is 11.1. The summed E-state index contributed by atoms with van der Waals surface area (Å²) < 4.78 is 5.40. The molecule has 0 aliphatic heterocycles. The Morgan fingerprint density at radius 3 is 2.36 bits per heavy atom. The zero-order chi connectivity index (χ0) is 10.8. The minimum atomic E-state index is 0.183. The number of hydrogen-bond acceptors (Lipinski definition) is 2. The molecule has 0 bridgehead atoms. The van der Waals surface area contributed by atoms with Crippen LogP contribution >= 0.6 is 0 Å². The molecule has 0 rings (SSSR count). The van der Waals surface area contributed by atoms with Crippen LogP contribution in [0.4, 0.5) is 0 Å². The first-order chi connectivity index (χ1) is 6.68. The molecule has 0 aromatic rings. The van der Waals surface area contributed by atoms with E-state index in [-0.39, 0.29) is 5.91 Å². The van der Waals surface area contributed by atoms with E-state index < -0.39 is 0 Å². The van der Waals surface area contributed by atoms with Gasteiger partial charge >= 0.3 is 0 Å². The standard InChI is InChI=1S/C11H23NO2/c1-4-5-6-9-14-10-7-8-11(13)12(2)3/h4-10H2,1-3H3. The number of carbonyl (C=O) groups is 1. The fourth-order valence-corrected chi connectivity index (χ4v) is 1.11. The zero-order valence-electron chi connectivity index (χ0n) is 9.71. The summed E-state index contributed by atoms with van der Waals surface area (Å²) in [7, 11) is 3.56. The largest absolute Gasteiger partial charge is 0.381 e. The van der Waals surface area contributed by atoms with Crippen molar-refractivity contribution in [2.45, 2.75) is 39.0 Å². The maximum Gasteiger partial charge on any atom is 0.222 e. The van der Waals surface area contributed by atoms with Gasteiger partial charge in [0.2, 0.25) is 5.91 Å². The normalized spacial score (nSPS) is 10.2. The highest BCUT2D eigenvalue weighted by Crippen LogP contribution is 1.97. The molecule has 0 atom stereocenters. The molecular formula is C11H23NO2. The van der Waals surface area contributed by atoms with Crippen molar-refractivity contribution in [1.29, 1.82) is 0 Å². The molecule has 1 amide bonds. The van der Waals surface area contributed by atoms with Gasteiger partial charge in [0.25, 0.3) is 0 Å². The molecule has 0 saturated carbocycles. The van der Waals surface area contributed by atoms with Gasteiger partial charge in [0.15, 0.2) is 0 Å². The molecule has 14 heavy (non-hydrogen) atoms. The molecule has 0 saturated heterocycles. The van der Waals surface area contributed by atoms with Gasteiger partial charge in [0, 0.05) is 33.7 Å². The van der Waals surface area contributed by atoms with Crippen LogP contribution in [0.5, 0.6) is 0 Å². The third-order valence-electron chi connectivity index (χ3n) is 2.07. The lowest BCUT2D eigenvalue weighted by molar-refractivity contribution is -0.129. The van der Waals surface area contributed by atoms with Gasteiger partial charge in [-0.15, -0.1) is 0 Å². The molecule has 0 unspecified atom stereocenters. The molecule has 0 aliphatic rings. The van der Waals surface area contributed by atoms with Crippen molar-refractivity contribution in [3.63, 3.8) is 0 Å². The van der Waals surface area contributed by atoms with Crippen molar-refractivity contribution in [2.75, 3.05) is 27.3 Å². The Balaban J connectivity index is 3.10. The van der Waals surface area contributed by atoms with E-state index in [0.717, 1.165) is 19.4 Å². The molecule has 0 N–H and O–H groups in total. The summed E-state index contributed by atoms with van der Waals surface area (Å²) in [5, 5.41) is 0. The summed E-state index contributed by atoms with van der Waals surface area (Å²) in [5.74, 6) is 0.183. The molecule has 3 nitrogen and oxygen atoms in total. The van der Waals surface area contributed by atoms with Crippen LogP contribution in [0.3, 0.4) is 0 Å². The van der Waals surface area contributed by atoms with Gasteiger partial charge in [-0.05, 0) is 12.8 Å². The van der Waals surface area contributed by atoms with Crippen LogP contribution in [-0.4, -0.2) is 38.1 Å². The number of rotatable bonds is 8. The molecule has 0 aromatic heterocycles. The van der Waals surface area contributed by atoms with Crippen LogP contribution < -0.4 is 0 Å². The first-order valence-electron chi connectivity index (χ1n) is 5.46. The lowest BCUT2D eigenvalue weighted by Gasteiger charge is -2.09. The Labute approximate surface area is 87.4 Å². The van der Waals surface area contributed by atoms with Crippen LogP contribution in [-0.2, 0) is 9.53 Å². The molecule has 0 fully saturated rings. The average Bonchev–Trinajstić information content (AvgIpc) is 2.16. The SMILES string of the molecule is CCCCCOCCCC(=O)N(C)C. The number of amides is 1. The highest BCUT2D eigenvalue weighted by Gasteiger charge is 2.02. The third kappa shape index (κ3) is 8.05. The summed E-state index contributed by atoms with van der Waals surface area (Å²) >= 11 is 0. The average molecular weight is 201 g/mol. The van der Waals surface area contributed by atoms with Crippen molar-refractivity contribution in [1.82, 2.24) is 4.90 Å². The van der Waals surface area contributed by atoms with Crippen LogP contribution in [0.25, 0.3) is 0 Å². The Kier molecular flexibility index (Phi) is 8.64. The Morgan fingerprint density at radius 2 is 1.79 bits per heavy atom. The van der Waals surface area contributed by atoms with Gasteiger partial charge in [0.05, 0.1) is 0 Å². The molecular weight excluding hydrogens is 178 g/mol. The van der Waals surface area contributed by atoms with Crippen LogP contribution in [0.15, 0.2) is 0 Å². The van der Waals surface area contributed by atoms with E-state index in [0.29, 0.717) is 13.0 Å². The first kappa shape index (κ1) is 13.4. The molecule has 0 radical (unpaired) electrons. The molecule has 0 aromatic carbocycles. The van der Waals surface area contributed by atoms with Gasteiger partial charge in [-0.25, -0.2) is 0 Å². The van der Waals surface area contributed by atoms with Gasteiger partial charge in [0.1, 0.15) is 0 Å². The highest BCUT2D eigenvalue weighted by molar-refractivity contribution is 5.75. The number of hydrogen-bond donors (Lipinski definition) is 0. The van der Waals surface area contributed by atoms with Gasteiger partial charge in [-0.2, -0.15) is 0 Å². The number of unbranched alkanes of at least 4 members (excludes halogenated alkanes) is 2. The van der Waals surface area contributed by atoms with E-state index in [2.05, 4.69) is 6.92 Å². The van der Waals surface area contributed by atoms with Gasteiger partial charge < -0.3 is 9.64 Å². The lowest BCUT2D eigenvalue weighted by Crippen LogP contribution is -2.21. The van der Waals surface area contributed by atoms with Gasteiger partial charge in [-0.1, -0.05) is 19.8 Å². The summed E-state index contributed by atoms with van der Waals surface area (Å²) in [6.07, 6.45) is 5.03. The predicted molar refractivity (Wildman–Crippen MR) is 58.3 cm³/mol. The fraction of sp³-hybridized carbons (Fsp3) is 0.909. The van der Waals surface area contributed by atoms with E-state index in [4.69, 9.17) is 4.74 Å². The molecule has 0 aliphatic carbocycles. The second-order valence-electron chi connectivity index (χ2n) is 3.71. The van der Waals surface area contributed by atoms with E-state index >= 15 is 0 Å². The minimum absolute atomic E-state index is 0.183. The molecule has 3 heteroatoms. The second-order valence-corrected chi connectivity index (χ2v) is 3.71. The van der Waals surface area contributed by atoms with E-state index in [1.54, 1.807) is 19.0 Å². The Hall–Kier alpha value is -0.570. The molecule has 0 heterocycles. The highest BCUT2D eigenvalue weighted by atomic mass is 16.5. The summed E-state index contributed by atoms with van der Waals surface area (Å²) in [5.41, 5.74) is 0. The number of carbonyl (C=O) groups excluding carboxylic acids is 1. The predicted octanol–water partition coefficient (Wildman–Crippen LogP) is 2.06. The Bertz CT molecular complexity index is 146. The zero-order valence-corrected chi connectivity index (χ0v) is 9.71. The lowest BCUT2D eigenvalue weighted by atomic mass is 10.2. The van der Waals surface area contributed by atoms with Crippen LogP contribution in [0, 0.1) is 0 Å². The summed E-state index contributed by atoms with van der Waals surface area (Å²) in [6.45, 7) is 3.73. The number of ether oxygens (including phenoxy) is 1. The van der Waals surface area contributed by atoms with Crippen molar-refractivity contribution in [3.8, 4) is 0 Å². The van der Waals surface area contributed by atoms with Crippen molar-refractivity contribution in [3.05, 3.63) is 0 Å². The van der Waals surface area contributed by atoms with Crippen molar-refractivity contribution < 1.29 is 9.53 Å². The maximum atomic E-state index is 11.1. The van der Waals surface area contributed by atoms with Crippen molar-refractivity contribution in [2.24, 2.45) is 0 Å². The topological polar surface area (TPSA) is 29.5 Å². The number of nitrogens with zero attached hydrogens (tertiary/aromatic N) is 1. The Morgan fingerprint density at radius 1 is 1.14 bits per heavy atom. The third-order valence-corrected chi connectivity index (χ3v) is 2.07. The minimum Gasteiger partial charge on any atom is -0.381 e. The van der Waals surface area contributed by atoms with E-state index in [1.807, 2.05) is 0 Å². The summed E-state index contributed by atoms with van der Waals surface area (Å²) in [6, 6.07) is 0. The van der Waals surface area contributed by atoms with Crippen LogP contribution in [0.2, 0.25) is 0 Å². The smallest absolute Gasteiger partial charge is 0.222 e. The molecule has 0 spiro atoms. The quantitative estimate of drug-likeness (QED) is 0.563. The monoisotopic (exact) mass is 201 g/mol. The fourth-order valence-electron chi connectivity index (χ4n) is 1.11. The molecule has 84 valence electrons. The summed E-state index contributed by atoms with van der Waals surface area (Å²) in [4.78, 5) is 12.8.